The van der Waals surface area contributed by atoms with Gasteiger partial charge >= 0.3 is 12.0 Å². The van der Waals surface area contributed by atoms with E-state index in [9.17, 15) is 19.7 Å². The Balaban J connectivity index is 1.91. The van der Waals surface area contributed by atoms with Crippen LogP contribution in [0, 0.1) is 10.1 Å². The van der Waals surface area contributed by atoms with Crippen molar-refractivity contribution in [2.24, 2.45) is 0 Å². The summed E-state index contributed by atoms with van der Waals surface area (Å²) in [6.45, 7) is 5.15. The molecule has 0 radical (unpaired) electrons. The van der Waals surface area contributed by atoms with Crippen molar-refractivity contribution in [3.05, 3.63) is 100 Å². The zero-order chi connectivity index (χ0) is 24.2. The van der Waals surface area contributed by atoms with Gasteiger partial charge in [-0.25, -0.2) is 14.3 Å². The maximum absolute atomic E-state index is 12.9. The minimum atomic E-state index is -0.905. The van der Waals surface area contributed by atoms with Gasteiger partial charge in [-0.3, -0.25) is 10.1 Å². The minimum absolute atomic E-state index is 0.00268. The molecule has 1 aliphatic rings. The van der Waals surface area contributed by atoms with E-state index in [4.69, 9.17) is 4.74 Å². The van der Waals surface area contributed by atoms with Crippen LogP contribution in [-0.4, -0.2) is 33.3 Å². The fourth-order valence-electron chi connectivity index (χ4n) is 3.71. The maximum atomic E-state index is 12.9. The van der Waals surface area contributed by atoms with Gasteiger partial charge in [0.2, 0.25) is 0 Å². The lowest BCUT2D eigenvalue weighted by molar-refractivity contribution is -0.384. The largest absolute Gasteiger partial charge is 0.458 e. The quantitative estimate of drug-likeness (QED) is 0.239. The number of amides is 2. The number of nitro groups is 1. The summed E-state index contributed by atoms with van der Waals surface area (Å²) in [5, 5.41) is 21.4. The number of nitrogens with zero attached hydrogens (tertiary/aromatic N) is 3. The van der Waals surface area contributed by atoms with Gasteiger partial charge in [0.05, 0.1) is 27.9 Å². The first-order valence-electron chi connectivity index (χ1n) is 10.3. The highest BCUT2D eigenvalue weighted by Crippen LogP contribution is 2.35. The third kappa shape index (κ3) is 4.42. The summed E-state index contributed by atoms with van der Waals surface area (Å²) < 4.78 is 6.85. The molecule has 1 aromatic heterocycles. The van der Waals surface area contributed by atoms with Crippen molar-refractivity contribution in [2.75, 3.05) is 6.61 Å². The summed E-state index contributed by atoms with van der Waals surface area (Å²) in [6.07, 6.45) is 3.13. The Kier molecular flexibility index (Phi) is 6.22. The summed E-state index contributed by atoms with van der Waals surface area (Å²) in [5.74, 6) is -0.632. The Morgan fingerprint density at radius 1 is 1.26 bits per heavy atom. The van der Waals surface area contributed by atoms with Gasteiger partial charge in [-0.2, -0.15) is 5.10 Å². The van der Waals surface area contributed by atoms with Crippen LogP contribution in [0.2, 0.25) is 0 Å². The molecule has 1 aliphatic heterocycles. The fraction of sp³-hybridized carbons (Fsp3) is 0.125. The van der Waals surface area contributed by atoms with Crippen LogP contribution in [0.25, 0.3) is 16.9 Å². The lowest BCUT2D eigenvalue weighted by Gasteiger charge is -2.27. The Morgan fingerprint density at radius 3 is 2.74 bits per heavy atom. The van der Waals surface area contributed by atoms with Gasteiger partial charge in [0.1, 0.15) is 6.61 Å². The van der Waals surface area contributed by atoms with E-state index in [2.05, 4.69) is 22.3 Å². The highest BCUT2D eigenvalue weighted by molar-refractivity contribution is 5.95. The molecule has 10 heteroatoms. The van der Waals surface area contributed by atoms with Gasteiger partial charge in [-0.1, -0.05) is 43.0 Å². The molecule has 0 unspecified atom stereocenters. The number of nitrogens with one attached hydrogen (secondary N) is 2. The molecule has 2 heterocycles. The van der Waals surface area contributed by atoms with Crippen molar-refractivity contribution in [1.29, 1.82) is 0 Å². The van der Waals surface area contributed by atoms with Crippen LogP contribution >= 0.6 is 0 Å². The SMILES string of the molecule is C=CCOC(=O)C1=C(C)NC(=O)N[C@@H]1c1cn(-c2ccccc2)nc1-c1cccc([N+](=O)[O-])c1. The van der Waals surface area contributed by atoms with Crippen molar-refractivity contribution in [3.63, 3.8) is 0 Å². The molecule has 34 heavy (non-hydrogen) atoms. The number of carbonyl (C=O) groups excluding carboxylic acids is 2. The van der Waals surface area contributed by atoms with Gasteiger partial charge in [0, 0.05) is 35.2 Å². The van der Waals surface area contributed by atoms with Gasteiger partial charge in [0.25, 0.3) is 5.69 Å². The van der Waals surface area contributed by atoms with Crippen LogP contribution in [0.5, 0.6) is 0 Å². The summed E-state index contributed by atoms with van der Waals surface area (Å²) in [6, 6.07) is 13.9. The number of allylic oxidation sites excluding steroid dienone is 1. The number of urea groups is 1. The Labute approximate surface area is 194 Å². The third-order valence-electron chi connectivity index (χ3n) is 5.23. The average molecular weight is 459 g/mol. The van der Waals surface area contributed by atoms with E-state index >= 15 is 0 Å². The normalized spacial score (nSPS) is 15.3. The van der Waals surface area contributed by atoms with E-state index < -0.39 is 23.0 Å². The Hall–Kier alpha value is -4.73. The second-order valence-corrected chi connectivity index (χ2v) is 7.48. The second kappa shape index (κ2) is 9.41. The van der Waals surface area contributed by atoms with E-state index in [-0.39, 0.29) is 17.9 Å². The molecule has 2 amide bonds. The van der Waals surface area contributed by atoms with Crippen molar-refractivity contribution >= 4 is 17.7 Å². The maximum Gasteiger partial charge on any atom is 0.338 e. The molecule has 4 rings (SSSR count). The third-order valence-corrected chi connectivity index (χ3v) is 5.23. The Bertz CT molecular complexity index is 1310. The molecule has 0 spiro atoms. The van der Waals surface area contributed by atoms with Crippen molar-refractivity contribution in [2.45, 2.75) is 13.0 Å². The van der Waals surface area contributed by atoms with Gasteiger partial charge < -0.3 is 15.4 Å². The first-order valence-corrected chi connectivity index (χ1v) is 10.3. The molecule has 10 nitrogen and oxygen atoms in total. The van der Waals surface area contributed by atoms with Crippen LogP contribution in [0.3, 0.4) is 0 Å². The van der Waals surface area contributed by atoms with E-state index in [1.165, 1.54) is 18.2 Å². The summed E-state index contributed by atoms with van der Waals surface area (Å²) >= 11 is 0. The number of benzene rings is 2. The molecule has 0 bridgehead atoms. The average Bonchev–Trinajstić information content (AvgIpc) is 3.28. The summed E-state index contributed by atoms with van der Waals surface area (Å²) in [7, 11) is 0. The summed E-state index contributed by atoms with van der Waals surface area (Å²) in [4.78, 5) is 36.1. The number of aromatic nitrogens is 2. The van der Waals surface area contributed by atoms with E-state index in [0.29, 0.717) is 22.5 Å². The van der Waals surface area contributed by atoms with Crippen molar-refractivity contribution in [3.8, 4) is 16.9 Å². The zero-order valence-electron chi connectivity index (χ0n) is 18.2. The lowest BCUT2D eigenvalue weighted by Crippen LogP contribution is -2.45. The minimum Gasteiger partial charge on any atom is -0.458 e. The van der Waals surface area contributed by atoms with Crippen LogP contribution in [0.1, 0.15) is 18.5 Å². The molecule has 0 saturated heterocycles. The number of hydrogen-bond donors (Lipinski definition) is 2. The number of carbonyl (C=O) groups is 2. The molecule has 0 saturated carbocycles. The Morgan fingerprint density at radius 2 is 2.03 bits per heavy atom. The fourth-order valence-corrected chi connectivity index (χ4v) is 3.71. The standard InChI is InChI=1S/C24H21N5O5/c1-3-12-34-23(30)20-15(2)25-24(31)26-22(20)19-14-28(17-9-5-4-6-10-17)27-21(19)16-8-7-11-18(13-16)29(32)33/h3-11,13-14,22H,1,12H2,2H3,(H2,25,26,31)/t22-/m1/s1. The van der Waals surface area contributed by atoms with Crippen LogP contribution < -0.4 is 10.6 Å². The number of ether oxygens (including phenoxy) is 1. The molecule has 3 aromatic rings. The van der Waals surface area contributed by atoms with Crippen molar-refractivity contribution < 1.29 is 19.2 Å². The topological polar surface area (TPSA) is 128 Å². The molecular weight excluding hydrogens is 438 g/mol. The predicted octanol–water partition coefficient (Wildman–Crippen LogP) is 3.80. The predicted molar refractivity (Wildman–Crippen MR) is 124 cm³/mol. The molecule has 1 atom stereocenters. The number of esters is 1. The van der Waals surface area contributed by atoms with Gasteiger partial charge in [0.15, 0.2) is 0 Å². The van der Waals surface area contributed by atoms with Crippen LogP contribution in [0.4, 0.5) is 10.5 Å². The number of para-hydroxylation sites is 1. The monoisotopic (exact) mass is 459 g/mol. The zero-order valence-corrected chi connectivity index (χ0v) is 18.2. The lowest BCUT2D eigenvalue weighted by atomic mass is 9.93. The van der Waals surface area contributed by atoms with Crippen LogP contribution in [-0.2, 0) is 9.53 Å². The van der Waals surface area contributed by atoms with Crippen molar-refractivity contribution in [1.82, 2.24) is 20.4 Å². The van der Waals surface area contributed by atoms with Gasteiger partial charge in [-0.15, -0.1) is 0 Å². The first kappa shape index (κ1) is 22.5. The number of nitro benzene ring substituents is 1. The molecule has 2 aromatic carbocycles. The van der Waals surface area contributed by atoms with E-state index in [1.807, 2.05) is 30.3 Å². The number of non-ortho nitro benzene ring substituents is 1. The first-order chi connectivity index (χ1) is 16.4. The molecule has 0 aliphatic carbocycles. The molecule has 0 fully saturated rings. The summed E-state index contributed by atoms with van der Waals surface area (Å²) in [5.41, 5.74) is 2.47. The smallest absolute Gasteiger partial charge is 0.338 e. The van der Waals surface area contributed by atoms with Crippen LogP contribution in [0.15, 0.2) is 84.7 Å². The molecular formula is C24H21N5O5. The highest BCUT2D eigenvalue weighted by Gasteiger charge is 2.35. The highest BCUT2D eigenvalue weighted by atomic mass is 16.6. The number of hydrogen-bond acceptors (Lipinski definition) is 6. The number of rotatable bonds is 7. The van der Waals surface area contributed by atoms with E-state index in [0.717, 1.165) is 5.69 Å². The van der Waals surface area contributed by atoms with E-state index in [1.54, 1.807) is 29.9 Å². The molecule has 172 valence electrons. The van der Waals surface area contributed by atoms with Gasteiger partial charge in [-0.05, 0) is 19.1 Å². The second-order valence-electron chi connectivity index (χ2n) is 7.48. The molecule has 2 N–H and O–H groups in total.